The third-order valence-corrected chi connectivity index (χ3v) is 5.10. The topological polar surface area (TPSA) is 72.7 Å². The van der Waals surface area contributed by atoms with Gasteiger partial charge < -0.3 is 10.1 Å². The van der Waals surface area contributed by atoms with Gasteiger partial charge in [0, 0.05) is 35.8 Å². The second-order valence-corrected chi connectivity index (χ2v) is 7.53. The van der Waals surface area contributed by atoms with E-state index in [1.807, 2.05) is 29.6 Å². The molecule has 1 N–H and O–H groups in total. The summed E-state index contributed by atoms with van der Waals surface area (Å²) in [5.41, 5.74) is 2.70. The first kappa shape index (κ1) is 19.1. The van der Waals surface area contributed by atoms with E-state index in [2.05, 4.69) is 24.1 Å². The Morgan fingerprint density at radius 3 is 2.74 bits per heavy atom. The van der Waals surface area contributed by atoms with Crippen LogP contribution < -0.4 is 15.6 Å². The average Bonchev–Trinajstić information content (AvgIpc) is 3.03. The quantitative estimate of drug-likeness (QED) is 0.679. The van der Waals surface area contributed by atoms with Crippen LogP contribution in [0.1, 0.15) is 36.7 Å². The number of hydrogen-bond acceptors (Lipinski definition) is 5. The van der Waals surface area contributed by atoms with Crippen LogP contribution in [0.25, 0.3) is 4.96 Å². The molecular weight excluding hydrogens is 362 g/mol. The maximum atomic E-state index is 12.1. The molecule has 3 aromatic rings. The van der Waals surface area contributed by atoms with E-state index in [9.17, 15) is 9.59 Å². The zero-order valence-corrected chi connectivity index (χ0v) is 16.5. The van der Waals surface area contributed by atoms with Gasteiger partial charge in [-0.15, -0.1) is 11.3 Å². The molecule has 7 heteroatoms. The van der Waals surface area contributed by atoms with Gasteiger partial charge in [0.25, 0.3) is 11.5 Å². The van der Waals surface area contributed by atoms with Gasteiger partial charge in [-0.05, 0) is 30.5 Å². The van der Waals surface area contributed by atoms with Gasteiger partial charge in [-0.1, -0.05) is 26.0 Å². The first-order chi connectivity index (χ1) is 12.9. The maximum Gasteiger partial charge on any atom is 0.258 e. The van der Waals surface area contributed by atoms with Crippen molar-refractivity contribution in [2.24, 2.45) is 0 Å². The summed E-state index contributed by atoms with van der Waals surface area (Å²) in [4.78, 5) is 29.1. The largest absolute Gasteiger partial charge is 0.484 e. The highest BCUT2D eigenvalue weighted by atomic mass is 32.1. The van der Waals surface area contributed by atoms with E-state index in [4.69, 9.17) is 4.74 Å². The smallest absolute Gasteiger partial charge is 0.258 e. The summed E-state index contributed by atoms with van der Waals surface area (Å²) < 4.78 is 7.11. The average molecular weight is 385 g/mol. The van der Waals surface area contributed by atoms with Crippen molar-refractivity contribution in [1.29, 1.82) is 0 Å². The van der Waals surface area contributed by atoms with Crippen molar-refractivity contribution in [1.82, 2.24) is 14.7 Å². The SMILES string of the molecule is Cc1cc(=O)n2c(CCNC(=O)COc3ccc(C(C)C)cc3)csc2n1. The van der Waals surface area contributed by atoms with Crippen molar-refractivity contribution in [2.75, 3.05) is 13.2 Å². The summed E-state index contributed by atoms with van der Waals surface area (Å²) in [6.07, 6.45) is 0.555. The third-order valence-electron chi connectivity index (χ3n) is 4.22. The molecule has 0 bridgehead atoms. The van der Waals surface area contributed by atoms with Crippen molar-refractivity contribution in [3.8, 4) is 5.75 Å². The van der Waals surface area contributed by atoms with E-state index < -0.39 is 0 Å². The minimum Gasteiger partial charge on any atom is -0.484 e. The molecule has 142 valence electrons. The predicted octanol–water partition coefficient (Wildman–Crippen LogP) is 2.93. The summed E-state index contributed by atoms with van der Waals surface area (Å²) in [6.45, 7) is 6.46. The van der Waals surface area contributed by atoms with Crippen molar-refractivity contribution < 1.29 is 9.53 Å². The van der Waals surface area contributed by atoms with Crippen LogP contribution in [0.3, 0.4) is 0 Å². The van der Waals surface area contributed by atoms with E-state index in [0.29, 0.717) is 35.3 Å². The van der Waals surface area contributed by atoms with E-state index >= 15 is 0 Å². The van der Waals surface area contributed by atoms with Crippen LogP contribution in [0, 0.1) is 6.92 Å². The summed E-state index contributed by atoms with van der Waals surface area (Å²) >= 11 is 1.43. The standard InChI is InChI=1S/C20H23N3O3S/c1-13(2)15-4-6-17(7-5-15)26-11-18(24)21-9-8-16-12-27-20-22-14(3)10-19(25)23(16)20/h4-7,10,12-13H,8-9,11H2,1-3H3,(H,21,24). The number of fused-ring (bicyclic) bond motifs is 1. The lowest BCUT2D eigenvalue weighted by atomic mass is 10.0. The van der Waals surface area contributed by atoms with Gasteiger partial charge in [-0.3, -0.25) is 14.0 Å². The molecule has 0 aliphatic carbocycles. The minimum atomic E-state index is -0.191. The van der Waals surface area contributed by atoms with Crippen molar-refractivity contribution >= 4 is 22.2 Å². The fourth-order valence-corrected chi connectivity index (χ4v) is 3.71. The van der Waals surface area contributed by atoms with Gasteiger partial charge in [-0.25, -0.2) is 4.98 Å². The Labute approximate surface area is 161 Å². The van der Waals surface area contributed by atoms with Crippen LogP contribution in [-0.4, -0.2) is 28.4 Å². The number of ether oxygens (including phenoxy) is 1. The second-order valence-electron chi connectivity index (χ2n) is 6.69. The normalized spacial score (nSPS) is 11.1. The molecule has 2 heterocycles. The zero-order chi connectivity index (χ0) is 19.4. The lowest BCUT2D eigenvalue weighted by molar-refractivity contribution is -0.123. The first-order valence-electron chi connectivity index (χ1n) is 8.90. The highest BCUT2D eigenvalue weighted by Gasteiger charge is 2.09. The van der Waals surface area contributed by atoms with Crippen molar-refractivity contribution in [2.45, 2.75) is 33.1 Å². The molecule has 0 spiro atoms. The fraction of sp³-hybridized carbons (Fsp3) is 0.350. The lowest BCUT2D eigenvalue weighted by Gasteiger charge is -2.09. The minimum absolute atomic E-state index is 0.0356. The number of aromatic nitrogens is 2. The fourth-order valence-electron chi connectivity index (χ4n) is 2.74. The molecule has 0 saturated carbocycles. The lowest BCUT2D eigenvalue weighted by Crippen LogP contribution is -2.31. The Morgan fingerprint density at radius 2 is 2.04 bits per heavy atom. The van der Waals surface area contributed by atoms with Crippen LogP contribution >= 0.6 is 11.3 Å². The van der Waals surface area contributed by atoms with E-state index in [1.165, 1.54) is 23.0 Å². The summed E-state index contributed by atoms with van der Waals surface area (Å²) in [5.74, 6) is 0.942. The van der Waals surface area contributed by atoms with Crippen LogP contribution in [-0.2, 0) is 11.2 Å². The van der Waals surface area contributed by atoms with Crippen LogP contribution in [0.15, 0.2) is 40.5 Å². The van der Waals surface area contributed by atoms with Gasteiger partial charge >= 0.3 is 0 Å². The molecule has 0 fully saturated rings. The van der Waals surface area contributed by atoms with Gasteiger partial charge in [-0.2, -0.15) is 0 Å². The van der Waals surface area contributed by atoms with Crippen LogP contribution in [0.5, 0.6) is 5.75 Å². The van der Waals surface area contributed by atoms with Gasteiger partial charge in [0.05, 0.1) is 0 Å². The molecule has 0 atom stereocenters. The Bertz CT molecular complexity index is 990. The summed E-state index contributed by atoms with van der Waals surface area (Å²) in [7, 11) is 0. The molecule has 0 unspecified atom stereocenters. The number of amides is 1. The number of carbonyl (C=O) groups is 1. The number of benzene rings is 1. The third kappa shape index (κ3) is 4.74. The highest BCUT2D eigenvalue weighted by molar-refractivity contribution is 7.15. The van der Waals surface area contributed by atoms with Crippen LogP contribution in [0.4, 0.5) is 0 Å². The molecule has 27 heavy (non-hydrogen) atoms. The Kier molecular flexibility index (Phi) is 5.91. The van der Waals surface area contributed by atoms with E-state index in [0.717, 1.165) is 5.69 Å². The Morgan fingerprint density at radius 1 is 1.30 bits per heavy atom. The van der Waals surface area contributed by atoms with Crippen LogP contribution in [0.2, 0.25) is 0 Å². The number of carbonyl (C=O) groups excluding carboxylic acids is 1. The van der Waals surface area contributed by atoms with Gasteiger partial charge in [0.2, 0.25) is 0 Å². The number of aryl methyl sites for hydroxylation is 1. The number of nitrogens with zero attached hydrogens (tertiary/aromatic N) is 2. The van der Waals surface area contributed by atoms with E-state index in [1.54, 1.807) is 11.3 Å². The molecular formula is C20H23N3O3S. The molecule has 2 aromatic heterocycles. The number of hydrogen-bond donors (Lipinski definition) is 1. The first-order valence-corrected chi connectivity index (χ1v) is 9.78. The predicted molar refractivity (Wildman–Crippen MR) is 107 cm³/mol. The molecule has 0 saturated heterocycles. The van der Waals surface area contributed by atoms with Gasteiger partial charge in [0.1, 0.15) is 5.75 Å². The Hall–Kier alpha value is -2.67. The van der Waals surface area contributed by atoms with E-state index in [-0.39, 0.29) is 18.1 Å². The monoisotopic (exact) mass is 385 g/mol. The molecule has 0 radical (unpaired) electrons. The molecule has 0 aliphatic heterocycles. The van der Waals surface area contributed by atoms with Crippen molar-refractivity contribution in [3.63, 3.8) is 0 Å². The highest BCUT2D eigenvalue weighted by Crippen LogP contribution is 2.18. The molecule has 3 rings (SSSR count). The number of rotatable bonds is 7. The summed E-state index contributed by atoms with van der Waals surface area (Å²) in [5, 5.41) is 4.73. The molecule has 6 nitrogen and oxygen atoms in total. The molecule has 1 amide bonds. The Balaban J connectivity index is 1.49. The number of thiazole rings is 1. The maximum absolute atomic E-state index is 12.1. The second kappa shape index (κ2) is 8.35. The summed E-state index contributed by atoms with van der Waals surface area (Å²) in [6, 6.07) is 9.28. The van der Waals surface area contributed by atoms with Gasteiger partial charge in [0.15, 0.2) is 11.6 Å². The zero-order valence-electron chi connectivity index (χ0n) is 15.7. The molecule has 1 aromatic carbocycles. The van der Waals surface area contributed by atoms with Crippen molar-refractivity contribution in [3.05, 3.63) is 63.0 Å². The number of nitrogens with one attached hydrogen (secondary N) is 1. The molecule has 0 aliphatic rings.